The maximum atomic E-state index is 6.10. The zero-order valence-corrected chi connectivity index (χ0v) is 18.4. The maximum Gasteiger partial charge on any atom is 0.166 e. The largest absolute Gasteiger partial charge is 0.493 e. The number of hydrogen-bond acceptors (Lipinski definition) is 4. The standard InChI is InChI=1S/C22H30Cl2N2O2/c1-4-26(5-2)13-7-12-25-15-18-8-6-9-21(27-3)22(18)28-16-17-10-11-19(23)20(24)14-17/h6,8-11,14,25H,4-5,7,12-13,15-16H2,1-3H3. The molecule has 28 heavy (non-hydrogen) atoms. The summed E-state index contributed by atoms with van der Waals surface area (Å²) in [6.07, 6.45) is 1.12. The molecule has 2 rings (SSSR count). The predicted octanol–water partition coefficient (Wildman–Crippen LogP) is 5.40. The highest BCUT2D eigenvalue weighted by molar-refractivity contribution is 6.42. The summed E-state index contributed by atoms with van der Waals surface area (Å²) in [4.78, 5) is 2.43. The number of halogens is 2. The van der Waals surface area contributed by atoms with E-state index in [9.17, 15) is 0 Å². The molecule has 0 fully saturated rings. The van der Waals surface area contributed by atoms with Crippen LogP contribution in [0.1, 0.15) is 31.4 Å². The van der Waals surface area contributed by atoms with Crippen molar-refractivity contribution < 1.29 is 9.47 Å². The second-order valence-corrected chi connectivity index (χ2v) is 7.36. The van der Waals surface area contributed by atoms with Gasteiger partial charge in [0, 0.05) is 12.1 Å². The van der Waals surface area contributed by atoms with E-state index in [2.05, 4.69) is 30.1 Å². The third-order valence-corrected chi connectivity index (χ3v) is 5.42. The number of nitrogens with one attached hydrogen (secondary N) is 1. The summed E-state index contributed by atoms with van der Waals surface area (Å²) >= 11 is 12.1. The van der Waals surface area contributed by atoms with Crippen LogP contribution >= 0.6 is 23.2 Å². The Kier molecular flexibility index (Phi) is 9.93. The molecule has 154 valence electrons. The Morgan fingerprint density at radius 2 is 1.82 bits per heavy atom. The molecule has 2 aromatic rings. The molecule has 6 heteroatoms. The molecular weight excluding hydrogens is 395 g/mol. The number of para-hydroxylation sites is 1. The minimum absolute atomic E-state index is 0.395. The van der Waals surface area contributed by atoms with Crippen LogP contribution in [-0.4, -0.2) is 38.2 Å². The van der Waals surface area contributed by atoms with Gasteiger partial charge in [0.1, 0.15) is 6.61 Å². The molecule has 4 nitrogen and oxygen atoms in total. The Balaban J connectivity index is 1.96. The van der Waals surface area contributed by atoms with Crippen LogP contribution in [0.25, 0.3) is 0 Å². The van der Waals surface area contributed by atoms with Crippen LogP contribution in [-0.2, 0) is 13.2 Å². The first-order valence-corrected chi connectivity index (χ1v) is 10.5. The van der Waals surface area contributed by atoms with Crippen molar-refractivity contribution in [3.05, 3.63) is 57.6 Å². The highest BCUT2D eigenvalue weighted by Gasteiger charge is 2.11. The van der Waals surface area contributed by atoms with Gasteiger partial charge in [-0.3, -0.25) is 0 Å². The highest BCUT2D eigenvalue weighted by atomic mass is 35.5. The van der Waals surface area contributed by atoms with Crippen molar-refractivity contribution in [1.29, 1.82) is 0 Å². The van der Waals surface area contributed by atoms with Gasteiger partial charge in [-0.25, -0.2) is 0 Å². The molecule has 0 aliphatic heterocycles. The zero-order chi connectivity index (χ0) is 20.4. The van der Waals surface area contributed by atoms with Gasteiger partial charge in [0.2, 0.25) is 0 Å². The monoisotopic (exact) mass is 424 g/mol. The van der Waals surface area contributed by atoms with Gasteiger partial charge in [0.25, 0.3) is 0 Å². The SMILES string of the molecule is CCN(CC)CCCNCc1cccc(OC)c1OCc1ccc(Cl)c(Cl)c1. The quantitative estimate of drug-likeness (QED) is 0.462. The Morgan fingerprint density at radius 1 is 1.04 bits per heavy atom. The van der Waals surface area contributed by atoms with Crippen molar-refractivity contribution in [3.63, 3.8) is 0 Å². The fraction of sp³-hybridized carbons (Fsp3) is 0.455. The molecule has 0 unspecified atom stereocenters. The Labute approximate surface area is 178 Å². The first kappa shape index (κ1) is 22.8. The van der Waals surface area contributed by atoms with Gasteiger partial charge in [0.05, 0.1) is 17.2 Å². The van der Waals surface area contributed by atoms with Crippen LogP contribution in [0.5, 0.6) is 11.5 Å². The molecule has 0 aromatic heterocycles. The number of nitrogens with zero attached hydrogens (tertiary/aromatic N) is 1. The Morgan fingerprint density at radius 3 is 2.50 bits per heavy atom. The molecule has 0 spiro atoms. The zero-order valence-electron chi connectivity index (χ0n) is 16.9. The Hall–Kier alpha value is -1.46. The van der Waals surface area contributed by atoms with Gasteiger partial charge in [-0.2, -0.15) is 0 Å². The normalized spacial score (nSPS) is 11.1. The van der Waals surface area contributed by atoms with E-state index in [-0.39, 0.29) is 0 Å². The van der Waals surface area contributed by atoms with Crippen LogP contribution in [0.4, 0.5) is 0 Å². The van der Waals surface area contributed by atoms with E-state index in [1.807, 2.05) is 24.3 Å². The lowest BCUT2D eigenvalue weighted by Crippen LogP contribution is -2.27. The lowest BCUT2D eigenvalue weighted by Gasteiger charge is -2.18. The van der Waals surface area contributed by atoms with Gasteiger partial charge in [0.15, 0.2) is 11.5 Å². The van der Waals surface area contributed by atoms with Crippen LogP contribution < -0.4 is 14.8 Å². The van der Waals surface area contributed by atoms with E-state index in [0.29, 0.717) is 16.7 Å². The van der Waals surface area contributed by atoms with E-state index in [1.54, 1.807) is 13.2 Å². The molecule has 0 saturated heterocycles. The van der Waals surface area contributed by atoms with Crippen LogP contribution in [0.15, 0.2) is 36.4 Å². The summed E-state index contributed by atoms with van der Waals surface area (Å²) in [6, 6.07) is 11.5. The molecule has 0 aliphatic carbocycles. The van der Waals surface area contributed by atoms with Crippen molar-refractivity contribution in [1.82, 2.24) is 10.2 Å². The molecular formula is C22H30Cl2N2O2. The minimum Gasteiger partial charge on any atom is -0.493 e. The molecule has 0 saturated carbocycles. The van der Waals surface area contributed by atoms with Crippen molar-refractivity contribution in [2.45, 2.75) is 33.4 Å². The number of rotatable bonds is 12. The van der Waals surface area contributed by atoms with E-state index in [4.69, 9.17) is 32.7 Å². The lowest BCUT2D eigenvalue weighted by molar-refractivity contribution is 0.280. The average molecular weight is 425 g/mol. The van der Waals surface area contributed by atoms with Gasteiger partial charge < -0.3 is 19.7 Å². The summed E-state index contributed by atoms with van der Waals surface area (Å²) in [7, 11) is 1.66. The maximum absolute atomic E-state index is 6.10. The molecule has 1 N–H and O–H groups in total. The van der Waals surface area contributed by atoms with Crippen molar-refractivity contribution in [2.75, 3.05) is 33.3 Å². The highest BCUT2D eigenvalue weighted by Crippen LogP contribution is 2.32. The first-order chi connectivity index (χ1) is 13.6. The van der Waals surface area contributed by atoms with Crippen LogP contribution in [0.2, 0.25) is 10.0 Å². The molecule has 0 amide bonds. The van der Waals surface area contributed by atoms with Gasteiger partial charge in [-0.1, -0.05) is 55.2 Å². The fourth-order valence-electron chi connectivity index (χ4n) is 3.00. The van der Waals surface area contributed by atoms with Gasteiger partial charge in [-0.15, -0.1) is 0 Å². The van der Waals surface area contributed by atoms with Gasteiger partial charge >= 0.3 is 0 Å². The van der Waals surface area contributed by atoms with Gasteiger partial charge in [-0.05, 0) is 56.4 Å². The topological polar surface area (TPSA) is 33.7 Å². The van der Waals surface area contributed by atoms with E-state index in [0.717, 1.165) is 61.8 Å². The summed E-state index contributed by atoms with van der Waals surface area (Å²) < 4.78 is 11.6. The van der Waals surface area contributed by atoms with Crippen LogP contribution in [0.3, 0.4) is 0 Å². The smallest absolute Gasteiger partial charge is 0.166 e. The number of ether oxygens (including phenoxy) is 2. The van der Waals surface area contributed by atoms with Crippen LogP contribution in [0, 0.1) is 0 Å². The molecule has 0 atom stereocenters. The number of benzene rings is 2. The third-order valence-electron chi connectivity index (χ3n) is 4.69. The second kappa shape index (κ2) is 12.2. The minimum atomic E-state index is 0.395. The molecule has 0 aliphatic rings. The number of methoxy groups -OCH3 is 1. The first-order valence-electron chi connectivity index (χ1n) is 9.74. The van der Waals surface area contributed by atoms with Crippen molar-refractivity contribution in [2.24, 2.45) is 0 Å². The summed E-state index contributed by atoms with van der Waals surface area (Å²) in [6.45, 7) is 9.78. The average Bonchev–Trinajstić information content (AvgIpc) is 2.71. The summed E-state index contributed by atoms with van der Waals surface area (Å²) in [5, 5.41) is 4.58. The molecule has 0 radical (unpaired) electrons. The molecule has 0 heterocycles. The third kappa shape index (κ3) is 6.85. The summed E-state index contributed by atoms with van der Waals surface area (Å²) in [5.41, 5.74) is 2.03. The molecule has 0 bridgehead atoms. The number of hydrogen-bond donors (Lipinski definition) is 1. The second-order valence-electron chi connectivity index (χ2n) is 6.54. The van der Waals surface area contributed by atoms with Crippen molar-refractivity contribution >= 4 is 23.2 Å². The van der Waals surface area contributed by atoms with E-state index in [1.165, 1.54) is 0 Å². The predicted molar refractivity (Wildman–Crippen MR) is 118 cm³/mol. The van der Waals surface area contributed by atoms with Crippen molar-refractivity contribution in [3.8, 4) is 11.5 Å². The fourth-order valence-corrected chi connectivity index (χ4v) is 3.32. The van der Waals surface area contributed by atoms with E-state index < -0.39 is 0 Å². The Bertz CT molecular complexity index is 736. The summed E-state index contributed by atoms with van der Waals surface area (Å²) in [5.74, 6) is 1.48. The van der Waals surface area contributed by atoms with E-state index >= 15 is 0 Å². The molecule has 2 aromatic carbocycles. The lowest BCUT2D eigenvalue weighted by atomic mass is 10.1.